The van der Waals surface area contributed by atoms with E-state index in [1.54, 1.807) is 0 Å². The Morgan fingerprint density at radius 3 is 2.81 bits per heavy atom. The summed E-state index contributed by atoms with van der Waals surface area (Å²) in [5.74, 6) is 0. The Morgan fingerprint density at radius 2 is 2.06 bits per heavy atom. The number of rotatable bonds is 4. The SMILES string of the molecule is CC(C)NCCC1=CS(=O)c2ccccc21. The van der Waals surface area contributed by atoms with Gasteiger partial charge >= 0.3 is 0 Å². The second-order valence-corrected chi connectivity index (χ2v) is 5.57. The van der Waals surface area contributed by atoms with Crippen molar-refractivity contribution in [1.82, 2.24) is 5.32 Å². The molecule has 0 spiro atoms. The van der Waals surface area contributed by atoms with Crippen LogP contribution in [0.4, 0.5) is 0 Å². The normalized spacial score (nSPS) is 18.7. The fourth-order valence-corrected chi connectivity index (χ4v) is 3.11. The largest absolute Gasteiger partial charge is 0.314 e. The van der Waals surface area contributed by atoms with Crippen molar-refractivity contribution in [1.29, 1.82) is 0 Å². The van der Waals surface area contributed by atoms with Gasteiger partial charge in [-0.15, -0.1) is 0 Å². The van der Waals surface area contributed by atoms with Crippen molar-refractivity contribution in [2.24, 2.45) is 0 Å². The fraction of sp³-hybridized carbons (Fsp3) is 0.385. The van der Waals surface area contributed by atoms with Gasteiger partial charge in [-0.25, -0.2) is 4.21 Å². The molecule has 1 atom stereocenters. The van der Waals surface area contributed by atoms with E-state index in [1.165, 1.54) is 5.57 Å². The van der Waals surface area contributed by atoms with Crippen LogP contribution in [0.1, 0.15) is 25.8 Å². The van der Waals surface area contributed by atoms with Gasteiger partial charge in [-0.3, -0.25) is 0 Å². The Bertz CT molecular complexity index is 437. The van der Waals surface area contributed by atoms with Gasteiger partial charge in [0.25, 0.3) is 0 Å². The van der Waals surface area contributed by atoms with Crippen LogP contribution in [-0.2, 0) is 10.8 Å². The average Bonchev–Trinajstić information content (AvgIpc) is 2.57. The van der Waals surface area contributed by atoms with Crippen molar-refractivity contribution in [2.75, 3.05) is 6.54 Å². The van der Waals surface area contributed by atoms with Gasteiger partial charge in [-0.2, -0.15) is 0 Å². The zero-order valence-corrected chi connectivity index (χ0v) is 10.5. The lowest BCUT2D eigenvalue weighted by Gasteiger charge is -2.08. The van der Waals surface area contributed by atoms with Gasteiger partial charge in [-0.05, 0) is 30.2 Å². The molecule has 86 valence electrons. The number of fused-ring (bicyclic) bond motifs is 1. The summed E-state index contributed by atoms with van der Waals surface area (Å²) in [5.41, 5.74) is 2.37. The summed E-state index contributed by atoms with van der Waals surface area (Å²) >= 11 is 0. The molecule has 0 aliphatic carbocycles. The van der Waals surface area contributed by atoms with Gasteiger partial charge in [0.2, 0.25) is 0 Å². The summed E-state index contributed by atoms with van der Waals surface area (Å²) < 4.78 is 11.8. The van der Waals surface area contributed by atoms with Gasteiger partial charge in [0, 0.05) is 11.4 Å². The van der Waals surface area contributed by atoms with E-state index < -0.39 is 10.8 Å². The molecule has 1 heterocycles. The van der Waals surface area contributed by atoms with Crippen LogP contribution in [0.15, 0.2) is 34.6 Å². The Balaban J connectivity index is 2.07. The van der Waals surface area contributed by atoms with Crippen LogP contribution in [0.25, 0.3) is 5.57 Å². The molecule has 1 aliphatic heterocycles. The van der Waals surface area contributed by atoms with Gasteiger partial charge in [-0.1, -0.05) is 32.0 Å². The van der Waals surface area contributed by atoms with Crippen molar-refractivity contribution in [2.45, 2.75) is 31.2 Å². The summed E-state index contributed by atoms with van der Waals surface area (Å²) in [4.78, 5) is 0.960. The van der Waals surface area contributed by atoms with Crippen LogP contribution in [-0.4, -0.2) is 16.8 Å². The lowest BCUT2D eigenvalue weighted by molar-refractivity contribution is 0.597. The van der Waals surface area contributed by atoms with Crippen LogP contribution in [0, 0.1) is 0 Å². The molecule has 2 nitrogen and oxygen atoms in total. The second kappa shape index (κ2) is 4.93. The molecule has 2 rings (SSSR count). The molecule has 0 saturated carbocycles. The zero-order chi connectivity index (χ0) is 11.5. The monoisotopic (exact) mass is 235 g/mol. The molecule has 0 aromatic heterocycles. The molecule has 1 N–H and O–H groups in total. The maximum atomic E-state index is 11.8. The number of hydrogen-bond acceptors (Lipinski definition) is 2. The lowest BCUT2D eigenvalue weighted by atomic mass is 10.0. The van der Waals surface area contributed by atoms with E-state index >= 15 is 0 Å². The van der Waals surface area contributed by atoms with E-state index in [1.807, 2.05) is 23.6 Å². The molecular formula is C13H17NOS. The van der Waals surface area contributed by atoms with E-state index in [4.69, 9.17) is 0 Å². The first kappa shape index (κ1) is 11.6. The Kier molecular flexibility index (Phi) is 3.56. The Hall–Kier alpha value is -0.930. The fourth-order valence-electron chi connectivity index (χ4n) is 1.85. The first-order valence-corrected chi connectivity index (χ1v) is 6.84. The highest BCUT2D eigenvalue weighted by Gasteiger charge is 2.18. The van der Waals surface area contributed by atoms with E-state index in [0.29, 0.717) is 6.04 Å². The number of benzene rings is 1. The minimum Gasteiger partial charge on any atom is -0.314 e. The maximum Gasteiger partial charge on any atom is 0.0785 e. The topological polar surface area (TPSA) is 29.1 Å². The van der Waals surface area contributed by atoms with Gasteiger partial charge in [0.1, 0.15) is 0 Å². The minimum atomic E-state index is -0.932. The molecule has 1 aliphatic rings. The lowest BCUT2D eigenvalue weighted by Crippen LogP contribution is -2.23. The smallest absolute Gasteiger partial charge is 0.0785 e. The quantitative estimate of drug-likeness (QED) is 0.869. The molecule has 0 fully saturated rings. The van der Waals surface area contributed by atoms with E-state index in [9.17, 15) is 4.21 Å². The summed E-state index contributed by atoms with van der Waals surface area (Å²) in [6.07, 6.45) is 0.945. The van der Waals surface area contributed by atoms with Crippen molar-refractivity contribution < 1.29 is 4.21 Å². The van der Waals surface area contributed by atoms with Crippen LogP contribution in [0.2, 0.25) is 0 Å². The third-order valence-electron chi connectivity index (χ3n) is 2.65. The highest BCUT2D eigenvalue weighted by molar-refractivity contribution is 7.88. The molecule has 0 radical (unpaired) electrons. The van der Waals surface area contributed by atoms with Crippen LogP contribution < -0.4 is 5.32 Å². The van der Waals surface area contributed by atoms with E-state index in [2.05, 4.69) is 25.2 Å². The van der Waals surface area contributed by atoms with Gasteiger partial charge in [0.15, 0.2) is 0 Å². The third kappa shape index (κ3) is 2.42. The molecule has 1 aromatic rings. The molecule has 0 amide bonds. The third-order valence-corrected chi connectivity index (χ3v) is 3.93. The highest BCUT2D eigenvalue weighted by atomic mass is 32.2. The first-order chi connectivity index (χ1) is 7.68. The maximum absolute atomic E-state index is 11.8. The standard InChI is InChI=1S/C13H17NOS/c1-10(2)14-8-7-11-9-16(15)13-6-4-3-5-12(11)13/h3-6,9-10,14H,7-8H2,1-2H3. The molecule has 0 saturated heterocycles. The Morgan fingerprint density at radius 1 is 1.31 bits per heavy atom. The Labute approximate surface area is 99.2 Å². The van der Waals surface area contributed by atoms with Crippen molar-refractivity contribution in [3.05, 3.63) is 35.2 Å². The van der Waals surface area contributed by atoms with Gasteiger partial charge in [0.05, 0.1) is 15.7 Å². The van der Waals surface area contributed by atoms with Crippen LogP contribution in [0.3, 0.4) is 0 Å². The summed E-state index contributed by atoms with van der Waals surface area (Å²) in [6, 6.07) is 8.46. The van der Waals surface area contributed by atoms with Gasteiger partial charge < -0.3 is 5.32 Å². The van der Waals surface area contributed by atoms with Crippen molar-refractivity contribution in [3.8, 4) is 0 Å². The molecule has 16 heavy (non-hydrogen) atoms. The second-order valence-electron chi connectivity index (χ2n) is 4.30. The molecular weight excluding hydrogens is 218 g/mol. The van der Waals surface area contributed by atoms with Crippen LogP contribution >= 0.6 is 0 Å². The molecule has 1 unspecified atom stereocenters. The molecule has 1 aromatic carbocycles. The van der Waals surface area contributed by atoms with Crippen molar-refractivity contribution >= 4 is 16.4 Å². The average molecular weight is 235 g/mol. The number of hydrogen-bond donors (Lipinski definition) is 1. The minimum absolute atomic E-state index is 0.503. The van der Waals surface area contributed by atoms with Crippen molar-refractivity contribution in [3.63, 3.8) is 0 Å². The van der Waals surface area contributed by atoms with Crippen LogP contribution in [0.5, 0.6) is 0 Å². The molecule has 0 bridgehead atoms. The summed E-state index contributed by atoms with van der Waals surface area (Å²) in [6.45, 7) is 5.21. The first-order valence-electron chi connectivity index (χ1n) is 5.62. The summed E-state index contributed by atoms with van der Waals surface area (Å²) in [7, 11) is -0.932. The number of nitrogens with one attached hydrogen (secondary N) is 1. The predicted octanol–water partition coefficient (Wildman–Crippen LogP) is 2.54. The highest BCUT2D eigenvalue weighted by Crippen LogP contribution is 2.32. The van der Waals surface area contributed by atoms with E-state index in [-0.39, 0.29) is 0 Å². The molecule has 3 heteroatoms. The van der Waals surface area contributed by atoms with E-state index in [0.717, 1.165) is 23.4 Å². The zero-order valence-electron chi connectivity index (χ0n) is 9.69. The predicted molar refractivity (Wildman–Crippen MR) is 68.6 cm³/mol. The summed E-state index contributed by atoms with van der Waals surface area (Å²) in [5, 5.41) is 5.26.